The van der Waals surface area contributed by atoms with Crippen molar-refractivity contribution in [3.63, 3.8) is 0 Å². The summed E-state index contributed by atoms with van der Waals surface area (Å²) in [6.45, 7) is 2.60. The highest BCUT2D eigenvalue weighted by molar-refractivity contribution is 7.71. The Morgan fingerprint density at radius 3 is 2.41 bits per heavy atom. The summed E-state index contributed by atoms with van der Waals surface area (Å²) in [6, 6.07) is 13.7. The summed E-state index contributed by atoms with van der Waals surface area (Å²) in [4.78, 5) is 7.87. The van der Waals surface area contributed by atoms with Crippen LogP contribution in [0.3, 0.4) is 0 Å². The number of methoxy groups -OCH3 is 2. The molecule has 0 spiro atoms. The number of rotatable bonds is 6. The largest absolute Gasteiger partial charge is 0.494 e. The van der Waals surface area contributed by atoms with Crippen LogP contribution in [0, 0.1) is 4.77 Å². The van der Waals surface area contributed by atoms with Gasteiger partial charge in [0.1, 0.15) is 11.4 Å². The van der Waals surface area contributed by atoms with E-state index in [9.17, 15) is 0 Å². The summed E-state index contributed by atoms with van der Waals surface area (Å²) in [7, 11) is 3.24. The third-order valence-corrected chi connectivity index (χ3v) is 4.99. The van der Waals surface area contributed by atoms with E-state index in [0.717, 1.165) is 33.8 Å². The summed E-state index contributed by atoms with van der Waals surface area (Å²) in [5, 5.41) is 0. The molecule has 148 valence electrons. The molecule has 4 rings (SSSR count). The minimum absolute atomic E-state index is 0.484. The Morgan fingerprint density at radius 1 is 1.00 bits per heavy atom. The van der Waals surface area contributed by atoms with Gasteiger partial charge in [0.25, 0.3) is 0 Å². The van der Waals surface area contributed by atoms with Gasteiger partial charge < -0.3 is 19.2 Å². The van der Waals surface area contributed by atoms with Crippen LogP contribution < -0.4 is 14.2 Å². The molecule has 0 saturated carbocycles. The molecular formula is C22H21N3O3S. The van der Waals surface area contributed by atoms with Crippen molar-refractivity contribution in [1.29, 1.82) is 0 Å². The quantitative estimate of drug-likeness (QED) is 0.448. The molecule has 7 heteroatoms. The SMILES string of the molecule is CCOc1ccc(-c2cnc(=S)n3cc(-c4ccc(OC)c(OC)c4)[nH]c23)cc1. The van der Waals surface area contributed by atoms with Crippen LogP contribution in [-0.2, 0) is 0 Å². The number of nitrogens with one attached hydrogen (secondary N) is 1. The smallest absolute Gasteiger partial charge is 0.205 e. The lowest BCUT2D eigenvalue weighted by atomic mass is 10.1. The van der Waals surface area contributed by atoms with Gasteiger partial charge in [0.15, 0.2) is 11.5 Å². The molecule has 4 aromatic rings. The highest BCUT2D eigenvalue weighted by Gasteiger charge is 2.12. The van der Waals surface area contributed by atoms with Gasteiger partial charge >= 0.3 is 0 Å². The molecule has 0 aliphatic rings. The molecule has 0 atom stereocenters. The van der Waals surface area contributed by atoms with E-state index in [1.165, 1.54) is 0 Å². The van der Waals surface area contributed by atoms with Gasteiger partial charge in [0.05, 0.1) is 26.5 Å². The van der Waals surface area contributed by atoms with Crippen LogP contribution in [-0.4, -0.2) is 35.2 Å². The van der Waals surface area contributed by atoms with Crippen LogP contribution in [0.5, 0.6) is 17.2 Å². The van der Waals surface area contributed by atoms with Crippen molar-refractivity contribution in [2.75, 3.05) is 20.8 Å². The van der Waals surface area contributed by atoms with E-state index in [2.05, 4.69) is 9.97 Å². The van der Waals surface area contributed by atoms with E-state index in [4.69, 9.17) is 26.4 Å². The maximum atomic E-state index is 5.54. The van der Waals surface area contributed by atoms with Crippen LogP contribution in [0.2, 0.25) is 0 Å². The first kappa shape index (κ1) is 19.0. The lowest BCUT2D eigenvalue weighted by Crippen LogP contribution is -1.93. The Bertz CT molecular complexity index is 1210. The fourth-order valence-corrected chi connectivity index (χ4v) is 3.46. The van der Waals surface area contributed by atoms with Gasteiger partial charge in [-0.15, -0.1) is 0 Å². The molecule has 0 radical (unpaired) electrons. The number of H-pyrrole nitrogens is 1. The molecule has 2 aromatic carbocycles. The fraction of sp³-hybridized carbons (Fsp3) is 0.182. The number of hydrogen-bond acceptors (Lipinski definition) is 5. The minimum Gasteiger partial charge on any atom is -0.494 e. The van der Waals surface area contributed by atoms with Crippen LogP contribution in [0.25, 0.3) is 28.0 Å². The van der Waals surface area contributed by atoms with E-state index in [-0.39, 0.29) is 0 Å². The topological polar surface area (TPSA) is 60.8 Å². The van der Waals surface area contributed by atoms with E-state index in [0.29, 0.717) is 22.9 Å². The average Bonchev–Trinajstić information content (AvgIpc) is 3.21. The van der Waals surface area contributed by atoms with Crippen molar-refractivity contribution in [3.05, 3.63) is 59.6 Å². The first-order valence-corrected chi connectivity index (χ1v) is 9.61. The van der Waals surface area contributed by atoms with Crippen molar-refractivity contribution in [2.24, 2.45) is 0 Å². The van der Waals surface area contributed by atoms with Gasteiger partial charge in [-0.2, -0.15) is 0 Å². The molecule has 0 saturated heterocycles. The molecule has 0 unspecified atom stereocenters. The van der Waals surface area contributed by atoms with E-state index >= 15 is 0 Å². The second kappa shape index (κ2) is 7.97. The molecule has 29 heavy (non-hydrogen) atoms. The monoisotopic (exact) mass is 407 g/mol. The van der Waals surface area contributed by atoms with E-state index < -0.39 is 0 Å². The summed E-state index contributed by atoms with van der Waals surface area (Å²) >= 11 is 5.44. The Hall–Kier alpha value is -3.32. The first-order valence-electron chi connectivity index (χ1n) is 9.20. The van der Waals surface area contributed by atoms with Gasteiger partial charge in [0.2, 0.25) is 4.77 Å². The maximum absolute atomic E-state index is 5.54. The summed E-state index contributed by atoms with van der Waals surface area (Å²) in [5.74, 6) is 2.18. The zero-order chi connectivity index (χ0) is 20.4. The van der Waals surface area contributed by atoms with Gasteiger partial charge in [-0.25, -0.2) is 4.98 Å². The molecular weight excluding hydrogens is 386 g/mol. The van der Waals surface area contributed by atoms with Crippen LogP contribution in [0.4, 0.5) is 0 Å². The normalized spacial score (nSPS) is 10.9. The number of aromatic nitrogens is 3. The zero-order valence-electron chi connectivity index (χ0n) is 16.4. The number of benzene rings is 2. The van der Waals surface area contributed by atoms with Crippen LogP contribution >= 0.6 is 12.2 Å². The van der Waals surface area contributed by atoms with Gasteiger partial charge in [0, 0.05) is 23.5 Å². The molecule has 0 amide bonds. The number of ether oxygens (including phenoxy) is 3. The highest BCUT2D eigenvalue weighted by atomic mass is 32.1. The predicted molar refractivity (Wildman–Crippen MR) is 116 cm³/mol. The Balaban J connectivity index is 1.83. The number of fused-ring (bicyclic) bond motifs is 1. The summed E-state index contributed by atoms with van der Waals surface area (Å²) < 4.78 is 18.7. The van der Waals surface area contributed by atoms with Crippen LogP contribution in [0.15, 0.2) is 54.9 Å². The molecule has 0 fully saturated rings. The molecule has 0 aliphatic carbocycles. The van der Waals surface area contributed by atoms with Crippen molar-refractivity contribution in [1.82, 2.24) is 14.4 Å². The lowest BCUT2D eigenvalue weighted by Gasteiger charge is -2.08. The van der Waals surface area contributed by atoms with Gasteiger partial charge in [-0.3, -0.25) is 4.40 Å². The Morgan fingerprint density at radius 2 is 1.72 bits per heavy atom. The zero-order valence-corrected chi connectivity index (χ0v) is 17.2. The number of hydrogen-bond donors (Lipinski definition) is 1. The minimum atomic E-state index is 0.484. The van der Waals surface area contributed by atoms with E-state index in [1.807, 2.05) is 60.0 Å². The molecule has 1 N–H and O–H groups in total. The van der Waals surface area contributed by atoms with E-state index in [1.54, 1.807) is 20.4 Å². The van der Waals surface area contributed by atoms with Crippen molar-refractivity contribution < 1.29 is 14.2 Å². The van der Waals surface area contributed by atoms with Crippen molar-refractivity contribution in [3.8, 4) is 39.6 Å². The summed E-state index contributed by atoms with van der Waals surface area (Å²) in [6.07, 6.45) is 3.74. The fourth-order valence-electron chi connectivity index (χ4n) is 3.26. The summed E-state index contributed by atoms with van der Waals surface area (Å²) in [5.41, 5.74) is 4.71. The predicted octanol–water partition coefficient (Wildman–Crippen LogP) is 5.14. The molecule has 2 heterocycles. The number of imidazole rings is 1. The molecule has 0 bridgehead atoms. The van der Waals surface area contributed by atoms with Crippen LogP contribution in [0.1, 0.15) is 6.92 Å². The number of nitrogens with zero attached hydrogens (tertiary/aromatic N) is 2. The maximum Gasteiger partial charge on any atom is 0.205 e. The third-order valence-electron chi connectivity index (χ3n) is 4.69. The second-order valence-electron chi connectivity index (χ2n) is 6.37. The first-order chi connectivity index (χ1) is 14.1. The third kappa shape index (κ3) is 3.56. The molecule has 0 aliphatic heterocycles. The second-order valence-corrected chi connectivity index (χ2v) is 6.73. The molecule has 6 nitrogen and oxygen atoms in total. The Kier molecular flexibility index (Phi) is 5.22. The average molecular weight is 407 g/mol. The van der Waals surface area contributed by atoms with Crippen molar-refractivity contribution >= 4 is 17.9 Å². The van der Waals surface area contributed by atoms with Crippen molar-refractivity contribution in [2.45, 2.75) is 6.92 Å². The van der Waals surface area contributed by atoms with Gasteiger partial charge in [-0.1, -0.05) is 12.1 Å². The van der Waals surface area contributed by atoms with Gasteiger partial charge in [-0.05, 0) is 55.0 Å². The Labute approximate surface area is 173 Å². The highest BCUT2D eigenvalue weighted by Crippen LogP contribution is 2.33. The lowest BCUT2D eigenvalue weighted by molar-refractivity contribution is 0.340. The number of aromatic amines is 1. The molecule has 2 aromatic heterocycles. The standard InChI is InChI=1S/C22H21N3O3S/c1-4-28-16-8-5-14(6-9-16)17-12-23-22(29)25-13-18(24-21(17)25)15-7-10-19(26-2)20(11-15)27-3/h5-13,24H,4H2,1-3H3.